The largest absolute Gasteiger partial charge is 0.497 e. The maximum absolute atomic E-state index is 13.7. The van der Waals surface area contributed by atoms with Crippen molar-refractivity contribution in [3.05, 3.63) is 93.9 Å². The number of hydrogen-bond donors (Lipinski definition) is 0. The summed E-state index contributed by atoms with van der Waals surface area (Å²) in [5.41, 5.74) is 0.911. The van der Waals surface area contributed by atoms with Gasteiger partial charge in [-0.1, -0.05) is 23.9 Å². The zero-order valence-corrected chi connectivity index (χ0v) is 17.0. The highest BCUT2D eigenvalue weighted by Gasteiger charge is 2.18. The van der Waals surface area contributed by atoms with E-state index in [1.807, 2.05) is 6.07 Å². The van der Waals surface area contributed by atoms with Gasteiger partial charge in [-0.05, 0) is 35.9 Å². The molecule has 0 aliphatic rings. The van der Waals surface area contributed by atoms with Crippen molar-refractivity contribution in [1.82, 2.24) is 4.57 Å². The second-order valence-electron chi connectivity index (χ2n) is 6.70. The Bertz CT molecular complexity index is 1280. The molecule has 0 unspecified atom stereocenters. The smallest absolute Gasteiger partial charge is 0.283 e. The molecule has 3 aromatic carbocycles. The van der Waals surface area contributed by atoms with Crippen molar-refractivity contribution in [1.29, 1.82) is 0 Å². The molecule has 1 heterocycles. The number of methoxy groups -OCH3 is 1. The van der Waals surface area contributed by atoms with E-state index in [1.165, 1.54) is 24.9 Å². The minimum Gasteiger partial charge on any atom is -0.497 e. The van der Waals surface area contributed by atoms with Crippen molar-refractivity contribution in [3.8, 4) is 5.75 Å². The Labute approximate surface area is 179 Å². The molecule has 0 saturated heterocycles. The highest BCUT2D eigenvalue weighted by molar-refractivity contribution is 7.99. The molecule has 158 valence electrons. The van der Waals surface area contributed by atoms with E-state index in [0.717, 1.165) is 22.4 Å². The van der Waals surface area contributed by atoms with Gasteiger partial charge in [0.1, 0.15) is 5.75 Å². The summed E-state index contributed by atoms with van der Waals surface area (Å²) in [5, 5.41) is 12.1. The molecule has 0 radical (unpaired) electrons. The average Bonchev–Trinajstić information content (AvgIpc) is 3.08. The maximum atomic E-state index is 13.7. The predicted octanol–water partition coefficient (Wildman–Crippen LogP) is 6.17. The minimum absolute atomic E-state index is 0.0235. The van der Waals surface area contributed by atoms with Gasteiger partial charge in [0.05, 0.1) is 22.4 Å². The zero-order valence-electron chi connectivity index (χ0n) is 16.1. The lowest BCUT2D eigenvalue weighted by Gasteiger charge is -2.08. The highest BCUT2D eigenvalue weighted by atomic mass is 32.2. The molecule has 4 aromatic rings. The lowest BCUT2D eigenvalue weighted by Crippen LogP contribution is -2.01. The molecule has 0 N–H and O–H groups in total. The van der Waals surface area contributed by atoms with Gasteiger partial charge in [0, 0.05) is 35.2 Å². The van der Waals surface area contributed by atoms with Crippen LogP contribution in [0.1, 0.15) is 5.56 Å². The number of para-hydroxylation sites is 1. The Morgan fingerprint density at radius 2 is 1.74 bits per heavy atom. The summed E-state index contributed by atoms with van der Waals surface area (Å²) in [4.78, 5) is 12.1. The third-order valence-electron chi connectivity index (χ3n) is 4.73. The Kier molecular flexibility index (Phi) is 5.60. The highest BCUT2D eigenvalue weighted by Crippen LogP contribution is 2.40. The Morgan fingerprint density at radius 3 is 2.42 bits per heavy atom. The van der Waals surface area contributed by atoms with Crippen LogP contribution >= 0.6 is 11.8 Å². The number of ether oxygens (including phenoxy) is 1. The van der Waals surface area contributed by atoms with Crippen LogP contribution in [0.5, 0.6) is 5.75 Å². The molecule has 0 spiro atoms. The molecule has 0 fully saturated rings. The SMILES string of the molecule is COc1ccc2c(Sc3ccccc3[N+](=O)[O-])cn(Cc3cc(F)c(F)c(F)c3)c2c1. The van der Waals surface area contributed by atoms with Crippen LogP contribution in [0.2, 0.25) is 0 Å². The van der Waals surface area contributed by atoms with E-state index in [4.69, 9.17) is 4.74 Å². The summed E-state index contributed by atoms with van der Waals surface area (Å²) in [6.45, 7) is 0.0647. The van der Waals surface area contributed by atoms with Crippen molar-refractivity contribution in [2.24, 2.45) is 0 Å². The lowest BCUT2D eigenvalue weighted by molar-refractivity contribution is -0.387. The van der Waals surface area contributed by atoms with Crippen molar-refractivity contribution in [2.45, 2.75) is 16.3 Å². The monoisotopic (exact) mass is 444 g/mol. The van der Waals surface area contributed by atoms with Gasteiger partial charge in [0.2, 0.25) is 0 Å². The normalized spacial score (nSPS) is 11.1. The number of aromatic nitrogens is 1. The van der Waals surface area contributed by atoms with E-state index < -0.39 is 22.4 Å². The van der Waals surface area contributed by atoms with Crippen LogP contribution in [0.15, 0.2) is 70.6 Å². The Morgan fingerprint density at radius 1 is 1.03 bits per heavy atom. The summed E-state index contributed by atoms with van der Waals surface area (Å²) >= 11 is 1.21. The van der Waals surface area contributed by atoms with Gasteiger partial charge in [-0.15, -0.1) is 0 Å². The number of nitro benzene ring substituents is 1. The van der Waals surface area contributed by atoms with Crippen LogP contribution in [-0.2, 0) is 6.54 Å². The maximum Gasteiger partial charge on any atom is 0.283 e. The van der Waals surface area contributed by atoms with Gasteiger partial charge in [-0.25, -0.2) is 13.2 Å². The number of hydrogen-bond acceptors (Lipinski definition) is 4. The van der Waals surface area contributed by atoms with E-state index in [-0.39, 0.29) is 17.8 Å². The number of nitro groups is 1. The molecule has 0 atom stereocenters. The number of nitrogens with zero attached hydrogens (tertiary/aromatic N) is 2. The van der Waals surface area contributed by atoms with Crippen molar-refractivity contribution in [2.75, 3.05) is 7.11 Å². The molecule has 5 nitrogen and oxygen atoms in total. The summed E-state index contributed by atoms with van der Waals surface area (Å²) in [5.74, 6) is -3.47. The van der Waals surface area contributed by atoms with Crippen LogP contribution in [0.4, 0.5) is 18.9 Å². The third kappa shape index (κ3) is 4.09. The van der Waals surface area contributed by atoms with Crippen molar-refractivity contribution < 1.29 is 22.8 Å². The fraction of sp³-hybridized carbons (Fsp3) is 0.0909. The molecule has 0 bridgehead atoms. The van der Waals surface area contributed by atoms with Crippen molar-refractivity contribution in [3.63, 3.8) is 0 Å². The molecule has 1 aromatic heterocycles. The van der Waals surface area contributed by atoms with Crippen molar-refractivity contribution >= 4 is 28.4 Å². The molecule has 4 rings (SSSR count). The van der Waals surface area contributed by atoms with Crippen LogP contribution in [0.25, 0.3) is 10.9 Å². The molecule has 0 aliphatic carbocycles. The predicted molar refractivity (Wildman–Crippen MR) is 111 cm³/mol. The first-order valence-electron chi connectivity index (χ1n) is 9.09. The number of halogens is 3. The van der Waals surface area contributed by atoms with E-state index in [2.05, 4.69) is 0 Å². The summed E-state index contributed by atoms with van der Waals surface area (Å²) in [6, 6.07) is 13.6. The molecule has 9 heteroatoms. The second kappa shape index (κ2) is 8.35. The van der Waals surface area contributed by atoms with Crippen LogP contribution in [-0.4, -0.2) is 16.6 Å². The standard InChI is InChI=1S/C22H15F3N2O3S/c1-30-14-6-7-15-19(10-14)26(11-13-8-16(23)22(25)17(24)9-13)12-21(15)31-20-5-3-2-4-18(20)27(28)29/h2-10,12H,11H2,1H3. The number of fused-ring (bicyclic) bond motifs is 1. The average molecular weight is 444 g/mol. The van der Waals surface area contributed by atoms with Gasteiger partial charge in [-0.2, -0.15) is 0 Å². The Balaban J connectivity index is 1.80. The van der Waals surface area contributed by atoms with Gasteiger partial charge in [0.15, 0.2) is 17.5 Å². The number of benzene rings is 3. The molecular weight excluding hydrogens is 429 g/mol. The summed E-state index contributed by atoms with van der Waals surface area (Å²) in [6.07, 6.45) is 1.74. The third-order valence-corrected chi connectivity index (χ3v) is 5.84. The first kappa shape index (κ1) is 20.8. The first-order valence-corrected chi connectivity index (χ1v) is 9.90. The lowest BCUT2D eigenvalue weighted by atomic mass is 10.2. The van der Waals surface area contributed by atoms with Crippen LogP contribution in [0, 0.1) is 27.6 Å². The molecule has 0 amide bonds. The summed E-state index contributed by atoms with van der Waals surface area (Å²) < 4.78 is 47.7. The molecule has 0 saturated carbocycles. The molecular formula is C22H15F3N2O3S. The minimum atomic E-state index is -1.52. The van der Waals surface area contributed by atoms with Gasteiger partial charge >= 0.3 is 0 Å². The topological polar surface area (TPSA) is 57.3 Å². The fourth-order valence-corrected chi connectivity index (χ4v) is 4.38. The number of rotatable bonds is 6. The Hall–Kier alpha value is -3.46. The first-order chi connectivity index (χ1) is 14.9. The van der Waals surface area contributed by atoms with Crippen LogP contribution in [0.3, 0.4) is 0 Å². The van der Waals surface area contributed by atoms with E-state index in [1.54, 1.807) is 41.1 Å². The molecule has 0 aliphatic heterocycles. The van der Waals surface area contributed by atoms with Gasteiger partial charge in [-0.3, -0.25) is 10.1 Å². The van der Waals surface area contributed by atoms with Crippen LogP contribution < -0.4 is 4.74 Å². The van der Waals surface area contributed by atoms with E-state index in [0.29, 0.717) is 16.2 Å². The van der Waals surface area contributed by atoms with E-state index >= 15 is 0 Å². The zero-order chi connectivity index (χ0) is 22.1. The quantitative estimate of drug-likeness (QED) is 0.203. The van der Waals surface area contributed by atoms with Gasteiger partial charge in [0.25, 0.3) is 5.69 Å². The fourth-order valence-electron chi connectivity index (χ4n) is 3.29. The van der Waals surface area contributed by atoms with Gasteiger partial charge < -0.3 is 9.30 Å². The second-order valence-corrected chi connectivity index (χ2v) is 7.79. The molecule has 31 heavy (non-hydrogen) atoms. The summed E-state index contributed by atoms with van der Waals surface area (Å²) in [7, 11) is 1.52. The van der Waals surface area contributed by atoms with E-state index in [9.17, 15) is 23.3 Å².